The lowest BCUT2D eigenvalue weighted by Crippen LogP contribution is -2.21. The molecule has 5 heteroatoms. The molecule has 0 saturated heterocycles. The van der Waals surface area contributed by atoms with Gasteiger partial charge in [-0.15, -0.1) is 0 Å². The van der Waals surface area contributed by atoms with Gasteiger partial charge >= 0.3 is 0 Å². The maximum Gasteiger partial charge on any atom is 0.209 e. The van der Waals surface area contributed by atoms with Crippen LogP contribution in [0.2, 0.25) is 0 Å². The average molecular weight is 231 g/mol. The Morgan fingerprint density at radius 1 is 1.27 bits per heavy atom. The van der Waals surface area contributed by atoms with Crippen LogP contribution in [0.15, 0.2) is 12.1 Å². The van der Waals surface area contributed by atoms with Gasteiger partial charge in [-0.1, -0.05) is 12.1 Å². The van der Waals surface area contributed by atoms with Crippen LogP contribution in [0.5, 0.6) is 0 Å². The monoisotopic (exact) mass is 231 g/mol. The maximum atomic E-state index is 13.2. The normalized spacial score (nSPS) is 11.7. The van der Waals surface area contributed by atoms with Crippen LogP contribution in [0.1, 0.15) is 16.7 Å². The lowest BCUT2D eigenvalue weighted by Gasteiger charge is -2.07. The van der Waals surface area contributed by atoms with Crippen LogP contribution < -0.4 is 4.72 Å². The number of nitrogens with one attached hydrogen (secondary N) is 1. The van der Waals surface area contributed by atoms with E-state index in [2.05, 4.69) is 4.72 Å². The summed E-state index contributed by atoms with van der Waals surface area (Å²) in [6.45, 7) is 3.51. The molecule has 0 heterocycles. The summed E-state index contributed by atoms with van der Waals surface area (Å²) < 4.78 is 37.3. The topological polar surface area (TPSA) is 46.2 Å². The Kier molecular flexibility index (Phi) is 3.46. The molecular weight excluding hydrogens is 217 g/mol. The van der Waals surface area contributed by atoms with Crippen LogP contribution in [-0.4, -0.2) is 14.7 Å². The Hall–Kier alpha value is -0.940. The summed E-state index contributed by atoms with van der Waals surface area (Å²) in [5, 5.41) is 0. The first-order valence-corrected chi connectivity index (χ1v) is 6.39. The molecule has 3 nitrogen and oxygen atoms in total. The molecule has 15 heavy (non-hydrogen) atoms. The second-order valence-electron chi connectivity index (χ2n) is 3.64. The summed E-state index contributed by atoms with van der Waals surface area (Å²) in [6, 6.07) is 3.28. The molecule has 0 aliphatic rings. The van der Waals surface area contributed by atoms with E-state index in [1.54, 1.807) is 26.0 Å². The van der Waals surface area contributed by atoms with E-state index in [-0.39, 0.29) is 12.4 Å². The highest BCUT2D eigenvalue weighted by Gasteiger charge is 2.06. The van der Waals surface area contributed by atoms with Gasteiger partial charge in [-0.25, -0.2) is 17.5 Å². The van der Waals surface area contributed by atoms with E-state index in [0.29, 0.717) is 11.1 Å². The average Bonchev–Trinajstić information content (AvgIpc) is 2.09. The minimum atomic E-state index is -3.20. The number of hydrogen-bond donors (Lipinski definition) is 1. The van der Waals surface area contributed by atoms with E-state index >= 15 is 0 Å². The zero-order valence-corrected chi connectivity index (χ0v) is 9.78. The van der Waals surface area contributed by atoms with E-state index in [9.17, 15) is 12.8 Å². The Bertz CT molecular complexity index is 445. The Balaban J connectivity index is 2.89. The number of aryl methyl sites for hydroxylation is 2. The van der Waals surface area contributed by atoms with Gasteiger partial charge in [-0.05, 0) is 30.5 Å². The standard InChI is InChI=1S/C10H14FNO2S/c1-7-4-9(5-8(2)10(7)11)6-12-15(3,13)14/h4-5,12H,6H2,1-3H3. The third-order valence-corrected chi connectivity index (χ3v) is 2.70. The van der Waals surface area contributed by atoms with Crippen molar-refractivity contribution in [3.63, 3.8) is 0 Å². The van der Waals surface area contributed by atoms with Gasteiger partial charge in [0.05, 0.1) is 6.26 Å². The van der Waals surface area contributed by atoms with E-state index in [0.717, 1.165) is 11.8 Å². The lowest BCUT2D eigenvalue weighted by atomic mass is 10.1. The van der Waals surface area contributed by atoms with Gasteiger partial charge in [-0.3, -0.25) is 0 Å². The molecule has 1 N–H and O–H groups in total. The number of halogens is 1. The van der Waals surface area contributed by atoms with Gasteiger partial charge < -0.3 is 0 Å². The summed E-state index contributed by atoms with van der Waals surface area (Å²) >= 11 is 0. The van der Waals surface area contributed by atoms with Crippen molar-refractivity contribution in [2.24, 2.45) is 0 Å². The Labute approximate surface area is 89.4 Å². The van der Waals surface area contributed by atoms with Crippen molar-refractivity contribution >= 4 is 10.0 Å². The minimum Gasteiger partial charge on any atom is -0.213 e. The van der Waals surface area contributed by atoms with Crippen LogP contribution >= 0.6 is 0 Å². The third kappa shape index (κ3) is 3.60. The van der Waals surface area contributed by atoms with Crippen LogP contribution in [0.3, 0.4) is 0 Å². The summed E-state index contributed by atoms with van der Waals surface area (Å²) in [4.78, 5) is 0. The number of rotatable bonds is 3. The molecule has 0 unspecified atom stereocenters. The highest BCUT2D eigenvalue weighted by Crippen LogP contribution is 2.14. The molecule has 0 radical (unpaired) electrons. The van der Waals surface area contributed by atoms with E-state index in [4.69, 9.17) is 0 Å². The van der Waals surface area contributed by atoms with Crippen molar-refractivity contribution < 1.29 is 12.8 Å². The fraction of sp³-hybridized carbons (Fsp3) is 0.400. The molecule has 0 aromatic heterocycles. The summed E-state index contributed by atoms with van der Waals surface area (Å²) in [5.74, 6) is -0.238. The first-order chi connectivity index (χ1) is 6.79. The zero-order chi connectivity index (χ0) is 11.6. The van der Waals surface area contributed by atoms with Crippen molar-refractivity contribution in [3.8, 4) is 0 Å². The highest BCUT2D eigenvalue weighted by atomic mass is 32.2. The Morgan fingerprint density at radius 3 is 2.13 bits per heavy atom. The van der Waals surface area contributed by atoms with E-state index in [1.807, 2.05) is 0 Å². The van der Waals surface area contributed by atoms with Gasteiger partial charge in [0.15, 0.2) is 0 Å². The van der Waals surface area contributed by atoms with Crippen LogP contribution in [0, 0.1) is 19.7 Å². The first kappa shape index (κ1) is 12.1. The van der Waals surface area contributed by atoms with Gasteiger partial charge in [0.2, 0.25) is 10.0 Å². The van der Waals surface area contributed by atoms with Crippen molar-refractivity contribution in [2.45, 2.75) is 20.4 Å². The number of hydrogen-bond acceptors (Lipinski definition) is 2. The summed E-state index contributed by atoms with van der Waals surface area (Å²) in [7, 11) is -3.20. The quantitative estimate of drug-likeness (QED) is 0.856. The molecule has 0 aliphatic carbocycles. The predicted molar refractivity (Wildman–Crippen MR) is 57.6 cm³/mol. The number of benzene rings is 1. The van der Waals surface area contributed by atoms with Gasteiger partial charge in [0.25, 0.3) is 0 Å². The summed E-state index contributed by atoms with van der Waals surface area (Å²) in [5.41, 5.74) is 1.82. The molecule has 1 rings (SSSR count). The first-order valence-electron chi connectivity index (χ1n) is 4.50. The fourth-order valence-electron chi connectivity index (χ4n) is 1.35. The second kappa shape index (κ2) is 4.28. The van der Waals surface area contributed by atoms with Crippen molar-refractivity contribution in [2.75, 3.05) is 6.26 Å². The lowest BCUT2D eigenvalue weighted by molar-refractivity contribution is 0.587. The molecule has 1 aromatic rings. The molecule has 1 aromatic carbocycles. The molecule has 0 fully saturated rings. The molecular formula is C10H14FNO2S. The molecule has 0 bridgehead atoms. The van der Waals surface area contributed by atoms with Crippen LogP contribution in [0.25, 0.3) is 0 Å². The smallest absolute Gasteiger partial charge is 0.209 e. The Morgan fingerprint density at radius 2 is 1.73 bits per heavy atom. The minimum absolute atomic E-state index is 0.195. The molecule has 84 valence electrons. The zero-order valence-electron chi connectivity index (χ0n) is 8.96. The molecule has 0 aliphatic heterocycles. The van der Waals surface area contributed by atoms with Crippen molar-refractivity contribution in [1.29, 1.82) is 0 Å². The van der Waals surface area contributed by atoms with Crippen molar-refractivity contribution in [1.82, 2.24) is 4.72 Å². The van der Waals surface area contributed by atoms with Gasteiger partial charge in [0.1, 0.15) is 5.82 Å². The molecule has 0 saturated carbocycles. The number of sulfonamides is 1. The van der Waals surface area contributed by atoms with Crippen LogP contribution in [-0.2, 0) is 16.6 Å². The highest BCUT2D eigenvalue weighted by molar-refractivity contribution is 7.88. The SMILES string of the molecule is Cc1cc(CNS(C)(=O)=O)cc(C)c1F. The van der Waals surface area contributed by atoms with Gasteiger partial charge in [0, 0.05) is 6.54 Å². The van der Waals surface area contributed by atoms with Crippen molar-refractivity contribution in [3.05, 3.63) is 34.6 Å². The fourth-order valence-corrected chi connectivity index (χ4v) is 1.78. The second-order valence-corrected chi connectivity index (χ2v) is 5.47. The summed E-state index contributed by atoms with van der Waals surface area (Å²) in [6.07, 6.45) is 1.09. The maximum absolute atomic E-state index is 13.2. The largest absolute Gasteiger partial charge is 0.213 e. The van der Waals surface area contributed by atoms with Gasteiger partial charge in [-0.2, -0.15) is 0 Å². The van der Waals surface area contributed by atoms with E-state index < -0.39 is 10.0 Å². The van der Waals surface area contributed by atoms with Crippen LogP contribution in [0.4, 0.5) is 4.39 Å². The predicted octanol–water partition coefficient (Wildman–Crippen LogP) is 1.49. The molecule has 0 amide bonds. The molecule has 0 atom stereocenters. The van der Waals surface area contributed by atoms with E-state index in [1.165, 1.54) is 0 Å². The molecule has 0 spiro atoms. The third-order valence-electron chi connectivity index (χ3n) is 2.03.